The molecule has 1 fully saturated rings. The summed E-state index contributed by atoms with van der Waals surface area (Å²) in [6.07, 6.45) is 2.21. The number of hydrogen-bond acceptors (Lipinski definition) is 3. The highest BCUT2D eigenvalue weighted by Crippen LogP contribution is 2.24. The second-order valence-corrected chi connectivity index (χ2v) is 5.41. The molecule has 0 bridgehead atoms. The van der Waals surface area contributed by atoms with Gasteiger partial charge in [-0.05, 0) is 43.7 Å². The predicted octanol–water partition coefficient (Wildman–Crippen LogP) is 1.95. The van der Waals surface area contributed by atoms with Crippen molar-refractivity contribution in [2.75, 3.05) is 13.1 Å². The zero-order valence-corrected chi connectivity index (χ0v) is 10.4. The molecule has 0 aliphatic carbocycles. The molecule has 1 aromatic rings. The summed E-state index contributed by atoms with van der Waals surface area (Å²) in [4.78, 5) is 15.0. The van der Waals surface area contributed by atoms with Gasteiger partial charge in [0.25, 0.3) is 5.91 Å². The third kappa shape index (κ3) is 2.28. The lowest BCUT2D eigenvalue weighted by Gasteiger charge is -2.37. The number of amides is 1. The Bertz CT molecular complexity index is 350. The Morgan fingerprint density at radius 1 is 1.62 bits per heavy atom. The molecule has 1 aromatic heterocycles. The van der Waals surface area contributed by atoms with Gasteiger partial charge in [0.05, 0.1) is 4.88 Å². The molecule has 2 unspecified atom stereocenters. The van der Waals surface area contributed by atoms with Gasteiger partial charge in [-0.3, -0.25) is 4.79 Å². The number of nitrogens with two attached hydrogens (primary N) is 1. The van der Waals surface area contributed by atoms with Crippen LogP contribution in [0.4, 0.5) is 0 Å². The molecule has 1 aliphatic heterocycles. The molecule has 2 N–H and O–H groups in total. The molecule has 0 spiro atoms. The Morgan fingerprint density at radius 3 is 3.06 bits per heavy atom. The van der Waals surface area contributed by atoms with Crippen molar-refractivity contribution in [3.05, 3.63) is 22.4 Å². The normalized spacial score (nSPS) is 25.8. The fourth-order valence-corrected chi connectivity index (χ4v) is 2.88. The Labute approximate surface area is 100 Å². The van der Waals surface area contributed by atoms with Crippen molar-refractivity contribution in [3.63, 3.8) is 0 Å². The summed E-state index contributed by atoms with van der Waals surface area (Å²) < 4.78 is 0. The van der Waals surface area contributed by atoms with Gasteiger partial charge in [-0.25, -0.2) is 0 Å². The maximum Gasteiger partial charge on any atom is 0.264 e. The van der Waals surface area contributed by atoms with Gasteiger partial charge >= 0.3 is 0 Å². The van der Waals surface area contributed by atoms with E-state index in [1.807, 2.05) is 22.4 Å². The lowest BCUT2D eigenvalue weighted by molar-refractivity contribution is 0.0572. The first-order valence-corrected chi connectivity index (χ1v) is 6.65. The van der Waals surface area contributed by atoms with Gasteiger partial charge in [0, 0.05) is 12.6 Å². The zero-order chi connectivity index (χ0) is 11.5. The van der Waals surface area contributed by atoms with E-state index in [1.165, 1.54) is 11.3 Å². The summed E-state index contributed by atoms with van der Waals surface area (Å²) in [6, 6.07) is 4.16. The molecule has 2 heterocycles. The summed E-state index contributed by atoms with van der Waals surface area (Å²) in [6.45, 7) is 3.62. The third-order valence-corrected chi connectivity index (χ3v) is 4.16. The number of thiophene rings is 1. The minimum absolute atomic E-state index is 0.167. The van der Waals surface area contributed by atoms with E-state index in [0.717, 1.165) is 24.3 Å². The summed E-state index contributed by atoms with van der Waals surface area (Å²) in [7, 11) is 0. The molecule has 1 aliphatic rings. The fraction of sp³-hybridized carbons (Fsp3) is 0.583. The molecule has 3 nitrogen and oxygen atoms in total. The number of carbonyl (C=O) groups excluding carboxylic acids is 1. The van der Waals surface area contributed by atoms with Crippen LogP contribution in [0.3, 0.4) is 0 Å². The molecular formula is C12H18N2OS. The molecule has 1 amide bonds. The highest BCUT2D eigenvalue weighted by Gasteiger charge is 2.29. The number of piperidine rings is 1. The topological polar surface area (TPSA) is 46.3 Å². The van der Waals surface area contributed by atoms with E-state index in [9.17, 15) is 4.79 Å². The minimum atomic E-state index is 0.167. The van der Waals surface area contributed by atoms with Crippen molar-refractivity contribution >= 4 is 17.2 Å². The monoisotopic (exact) mass is 238 g/mol. The van der Waals surface area contributed by atoms with Crippen molar-refractivity contribution in [2.45, 2.75) is 25.8 Å². The molecule has 2 rings (SSSR count). The van der Waals surface area contributed by atoms with Crippen LogP contribution in [0.25, 0.3) is 0 Å². The van der Waals surface area contributed by atoms with Crippen molar-refractivity contribution in [1.82, 2.24) is 4.90 Å². The van der Waals surface area contributed by atoms with Crippen LogP contribution < -0.4 is 5.73 Å². The Morgan fingerprint density at radius 2 is 2.44 bits per heavy atom. The molecule has 0 aromatic carbocycles. The fourth-order valence-electron chi connectivity index (χ4n) is 2.20. The van der Waals surface area contributed by atoms with Gasteiger partial charge in [0.2, 0.25) is 0 Å². The van der Waals surface area contributed by atoms with E-state index in [-0.39, 0.29) is 5.91 Å². The van der Waals surface area contributed by atoms with Gasteiger partial charge in [0.15, 0.2) is 0 Å². The van der Waals surface area contributed by atoms with Gasteiger partial charge in [0.1, 0.15) is 0 Å². The first-order valence-electron chi connectivity index (χ1n) is 5.77. The van der Waals surface area contributed by atoms with Crippen molar-refractivity contribution in [2.24, 2.45) is 11.7 Å². The average molecular weight is 238 g/mol. The maximum atomic E-state index is 12.2. The minimum Gasteiger partial charge on any atom is -0.335 e. The highest BCUT2D eigenvalue weighted by molar-refractivity contribution is 7.12. The predicted molar refractivity (Wildman–Crippen MR) is 66.6 cm³/mol. The number of likely N-dealkylation sites (tertiary alicyclic amines) is 1. The molecule has 16 heavy (non-hydrogen) atoms. The summed E-state index contributed by atoms with van der Waals surface area (Å²) in [5.74, 6) is 0.640. The maximum absolute atomic E-state index is 12.2. The van der Waals surface area contributed by atoms with E-state index in [0.29, 0.717) is 18.5 Å². The van der Waals surface area contributed by atoms with Gasteiger partial charge in [-0.15, -0.1) is 11.3 Å². The van der Waals surface area contributed by atoms with Gasteiger partial charge in [-0.2, -0.15) is 0 Å². The van der Waals surface area contributed by atoms with Crippen LogP contribution in [0.1, 0.15) is 29.4 Å². The first-order chi connectivity index (χ1) is 7.72. The van der Waals surface area contributed by atoms with Crippen LogP contribution in [0.5, 0.6) is 0 Å². The van der Waals surface area contributed by atoms with Crippen LogP contribution in [0, 0.1) is 5.92 Å². The van der Waals surface area contributed by atoms with Crippen molar-refractivity contribution in [1.29, 1.82) is 0 Å². The molecule has 0 radical (unpaired) electrons. The highest BCUT2D eigenvalue weighted by atomic mass is 32.1. The Kier molecular flexibility index (Phi) is 3.61. The van der Waals surface area contributed by atoms with Crippen LogP contribution in [-0.4, -0.2) is 29.9 Å². The summed E-state index contributed by atoms with van der Waals surface area (Å²) in [5, 5.41) is 1.95. The van der Waals surface area contributed by atoms with E-state index in [2.05, 4.69) is 6.92 Å². The lowest BCUT2D eigenvalue weighted by Crippen LogP contribution is -2.46. The Balaban J connectivity index is 2.09. The molecule has 1 saturated heterocycles. The average Bonchev–Trinajstić information content (AvgIpc) is 2.82. The number of hydrogen-bond donors (Lipinski definition) is 1. The zero-order valence-electron chi connectivity index (χ0n) is 9.56. The molecule has 0 saturated carbocycles. The summed E-state index contributed by atoms with van der Waals surface area (Å²) in [5.41, 5.74) is 5.69. The standard InChI is InChI=1S/C12H18N2OS/c1-9-4-5-10(7-13)8-14(9)12(15)11-3-2-6-16-11/h2-3,6,9-10H,4-5,7-8,13H2,1H3. The van der Waals surface area contributed by atoms with Gasteiger partial charge < -0.3 is 10.6 Å². The SMILES string of the molecule is CC1CCC(CN)CN1C(=O)c1cccs1. The Hall–Kier alpha value is -0.870. The van der Waals surface area contributed by atoms with E-state index in [4.69, 9.17) is 5.73 Å². The van der Waals surface area contributed by atoms with Crippen LogP contribution >= 0.6 is 11.3 Å². The molecule has 4 heteroatoms. The largest absolute Gasteiger partial charge is 0.335 e. The quantitative estimate of drug-likeness (QED) is 0.856. The van der Waals surface area contributed by atoms with Crippen molar-refractivity contribution in [3.8, 4) is 0 Å². The smallest absolute Gasteiger partial charge is 0.264 e. The van der Waals surface area contributed by atoms with E-state index >= 15 is 0 Å². The van der Waals surface area contributed by atoms with E-state index < -0.39 is 0 Å². The number of rotatable bonds is 2. The van der Waals surface area contributed by atoms with Crippen LogP contribution in [0.15, 0.2) is 17.5 Å². The summed E-state index contributed by atoms with van der Waals surface area (Å²) >= 11 is 1.51. The van der Waals surface area contributed by atoms with Gasteiger partial charge in [-0.1, -0.05) is 6.07 Å². The lowest BCUT2D eigenvalue weighted by atomic mass is 9.93. The van der Waals surface area contributed by atoms with Crippen LogP contribution in [-0.2, 0) is 0 Å². The second kappa shape index (κ2) is 4.97. The molecule has 2 atom stereocenters. The second-order valence-electron chi connectivity index (χ2n) is 4.46. The molecular weight excluding hydrogens is 220 g/mol. The molecule has 88 valence electrons. The number of nitrogens with zero attached hydrogens (tertiary/aromatic N) is 1. The number of carbonyl (C=O) groups is 1. The van der Waals surface area contributed by atoms with Crippen molar-refractivity contribution < 1.29 is 4.79 Å². The first kappa shape index (κ1) is 11.6. The van der Waals surface area contributed by atoms with E-state index in [1.54, 1.807) is 0 Å². The van der Waals surface area contributed by atoms with Crippen LogP contribution in [0.2, 0.25) is 0 Å². The third-order valence-electron chi connectivity index (χ3n) is 3.31.